The van der Waals surface area contributed by atoms with Gasteiger partial charge in [-0.1, -0.05) is 22.6 Å². The zero-order valence-electron chi connectivity index (χ0n) is 14.6. The first kappa shape index (κ1) is 16.1. The van der Waals surface area contributed by atoms with Gasteiger partial charge in [-0.2, -0.15) is 0 Å². The van der Waals surface area contributed by atoms with Gasteiger partial charge >= 0.3 is 0 Å². The second-order valence-electron chi connectivity index (χ2n) is 6.34. The summed E-state index contributed by atoms with van der Waals surface area (Å²) in [5.41, 5.74) is 11.1. The van der Waals surface area contributed by atoms with Crippen LogP contribution in [0.25, 0.3) is 23.3 Å². The fourth-order valence-corrected chi connectivity index (χ4v) is 3.51. The largest absolute Gasteiger partial charge is 0.298 e. The quantitative estimate of drug-likeness (QED) is 0.805. The molecular formula is C21H14N6O. The average molecular weight is 366 g/mol. The Balaban J connectivity index is 1.65. The second kappa shape index (κ2) is 6.55. The number of hydrogen-bond acceptors (Lipinski definition) is 7. The Morgan fingerprint density at radius 2 is 1.54 bits per heavy atom. The van der Waals surface area contributed by atoms with Crippen LogP contribution < -0.4 is 21.3 Å². The van der Waals surface area contributed by atoms with Gasteiger partial charge in [0.1, 0.15) is 0 Å². The smallest absolute Gasteiger partial charge is 0.151 e. The number of nitrogens with zero attached hydrogens (tertiary/aromatic N) is 4. The highest BCUT2D eigenvalue weighted by Crippen LogP contribution is 2.30. The molecule has 0 unspecified atom stereocenters. The first-order valence-corrected chi connectivity index (χ1v) is 8.70. The number of benzene rings is 1. The van der Waals surface area contributed by atoms with Gasteiger partial charge in [-0.3, -0.25) is 15.6 Å². The second-order valence-corrected chi connectivity index (χ2v) is 6.34. The molecule has 4 aliphatic rings. The van der Waals surface area contributed by atoms with Gasteiger partial charge < -0.3 is 0 Å². The Kier molecular flexibility index (Phi) is 3.76. The number of nitrogens with one attached hydrogen (secondary N) is 2. The molecule has 1 aromatic carbocycles. The summed E-state index contributed by atoms with van der Waals surface area (Å²) >= 11 is 0. The summed E-state index contributed by atoms with van der Waals surface area (Å²) in [4.78, 5) is 11.9. The average Bonchev–Trinajstić information content (AvgIpc) is 3.01. The molecule has 0 aromatic heterocycles. The van der Waals surface area contributed by atoms with Gasteiger partial charge in [0, 0.05) is 29.1 Å². The van der Waals surface area contributed by atoms with Crippen molar-refractivity contribution in [2.45, 2.75) is 0 Å². The van der Waals surface area contributed by atoms with E-state index in [4.69, 9.17) is 0 Å². The molecule has 2 heterocycles. The van der Waals surface area contributed by atoms with E-state index in [9.17, 15) is 4.79 Å². The fraction of sp³-hybridized carbons (Fsp3) is 0. The van der Waals surface area contributed by atoms with Crippen LogP contribution in [0.3, 0.4) is 0 Å². The first-order chi connectivity index (χ1) is 13.8. The van der Waals surface area contributed by atoms with E-state index in [1.807, 2.05) is 42.5 Å². The molecule has 28 heavy (non-hydrogen) atoms. The molecule has 7 nitrogen and oxygen atoms in total. The third-order valence-corrected chi connectivity index (χ3v) is 4.77. The van der Waals surface area contributed by atoms with Crippen LogP contribution in [-0.4, -0.2) is 6.29 Å². The van der Waals surface area contributed by atoms with Crippen molar-refractivity contribution in [1.82, 2.24) is 10.9 Å². The number of fused-ring (bicyclic) bond motifs is 2. The van der Waals surface area contributed by atoms with Gasteiger partial charge in [-0.05, 0) is 64.1 Å². The van der Waals surface area contributed by atoms with Crippen molar-refractivity contribution in [3.05, 3.63) is 93.4 Å². The Bertz CT molecular complexity index is 1270. The molecule has 0 saturated heterocycles. The Morgan fingerprint density at radius 1 is 0.821 bits per heavy atom. The summed E-state index contributed by atoms with van der Waals surface area (Å²) in [5.74, 6) is 0. The van der Waals surface area contributed by atoms with Gasteiger partial charge in [0.25, 0.3) is 0 Å². The normalized spacial score (nSPS) is 18.5. The summed E-state index contributed by atoms with van der Waals surface area (Å²) in [6.45, 7) is 0. The van der Waals surface area contributed by atoms with Crippen molar-refractivity contribution in [2.24, 2.45) is 20.7 Å². The topological polar surface area (TPSA) is 90.6 Å². The summed E-state index contributed by atoms with van der Waals surface area (Å²) in [5, 5.41) is 18.1. The van der Waals surface area contributed by atoms with Gasteiger partial charge in [0.05, 0.1) is 11.4 Å². The van der Waals surface area contributed by atoms with Crippen LogP contribution >= 0.6 is 0 Å². The number of aldehydes is 1. The maximum Gasteiger partial charge on any atom is 0.151 e. The summed E-state index contributed by atoms with van der Waals surface area (Å²) in [6, 6.07) is 4.11. The van der Waals surface area contributed by atoms with E-state index >= 15 is 0 Å². The monoisotopic (exact) mass is 366 g/mol. The highest BCUT2D eigenvalue weighted by Gasteiger charge is 2.22. The first-order valence-electron chi connectivity index (χ1n) is 8.70. The molecule has 0 bridgehead atoms. The van der Waals surface area contributed by atoms with E-state index in [0.717, 1.165) is 44.7 Å². The van der Waals surface area contributed by atoms with Crippen LogP contribution in [0.5, 0.6) is 0 Å². The van der Waals surface area contributed by atoms with E-state index in [-0.39, 0.29) is 0 Å². The lowest BCUT2D eigenvalue weighted by Gasteiger charge is -2.05. The van der Waals surface area contributed by atoms with Crippen molar-refractivity contribution in [3.63, 3.8) is 0 Å². The summed E-state index contributed by atoms with van der Waals surface area (Å²) in [6.07, 6.45) is 17.7. The maximum absolute atomic E-state index is 11.9. The summed E-state index contributed by atoms with van der Waals surface area (Å²) < 4.78 is 0. The molecule has 0 fully saturated rings. The molecule has 2 aliphatic carbocycles. The van der Waals surface area contributed by atoms with Crippen molar-refractivity contribution < 1.29 is 4.79 Å². The molecule has 0 amide bonds. The number of carbonyl (C=O) groups excluding carboxylic acids is 1. The third kappa shape index (κ3) is 2.57. The van der Waals surface area contributed by atoms with E-state index < -0.39 is 0 Å². The van der Waals surface area contributed by atoms with Gasteiger partial charge in [-0.15, -0.1) is 10.2 Å². The van der Waals surface area contributed by atoms with Gasteiger partial charge in [0.15, 0.2) is 6.29 Å². The predicted octanol–water partition coefficient (Wildman–Crippen LogP) is 2.35. The molecule has 0 radical (unpaired) electrons. The van der Waals surface area contributed by atoms with Crippen molar-refractivity contribution in [2.75, 3.05) is 0 Å². The van der Waals surface area contributed by atoms with E-state index in [0.29, 0.717) is 11.3 Å². The molecular weight excluding hydrogens is 352 g/mol. The Morgan fingerprint density at radius 3 is 2.25 bits per heavy atom. The zero-order valence-corrected chi connectivity index (χ0v) is 14.6. The molecule has 0 spiro atoms. The van der Waals surface area contributed by atoms with Crippen LogP contribution in [0.15, 0.2) is 92.6 Å². The van der Waals surface area contributed by atoms with Crippen molar-refractivity contribution in [1.29, 1.82) is 0 Å². The standard InChI is InChI=1S/C21H14N6O/c28-12-19-17-11-16-13(5-6-15(16)20-3-1-7-22-26-24-20)9-14(17)10-18(19)21-4-2-8-23-27-25-21/h1-12H,(H,22,24)(H,23,25). The lowest BCUT2D eigenvalue weighted by Crippen LogP contribution is -2.17. The summed E-state index contributed by atoms with van der Waals surface area (Å²) in [7, 11) is 0. The number of carbonyl (C=O) groups is 1. The Hall–Kier alpha value is -4.13. The molecule has 2 aliphatic heterocycles. The maximum atomic E-state index is 11.9. The molecule has 134 valence electrons. The number of rotatable bonds is 3. The number of allylic oxidation sites excluding steroid dienone is 7. The molecule has 5 rings (SSSR count). The van der Waals surface area contributed by atoms with Crippen molar-refractivity contribution >= 4 is 29.6 Å². The van der Waals surface area contributed by atoms with Crippen LogP contribution in [-0.2, 0) is 4.79 Å². The third-order valence-electron chi connectivity index (χ3n) is 4.77. The molecule has 1 aromatic rings. The lowest BCUT2D eigenvalue weighted by atomic mass is 10.0. The molecule has 0 saturated carbocycles. The van der Waals surface area contributed by atoms with Crippen LogP contribution in [0.4, 0.5) is 0 Å². The minimum atomic E-state index is 0.600. The highest BCUT2D eigenvalue weighted by molar-refractivity contribution is 6.13. The van der Waals surface area contributed by atoms with E-state index in [1.54, 1.807) is 18.5 Å². The van der Waals surface area contributed by atoms with E-state index in [2.05, 4.69) is 37.6 Å². The molecule has 2 N–H and O–H groups in total. The number of hydrogen-bond donors (Lipinski definition) is 2. The predicted molar refractivity (Wildman–Crippen MR) is 106 cm³/mol. The van der Waals surface area contributed by atoms with Crippen LogP contribution in [0.1, 0.15) is 11.1 Å². The Labute approximate surface area is 159 Å². The minimum absolute atomic E-state index is 0.600. The molecule has 7 heteroatoms. The SMILES string of the molecule is O=CC1=c2cc3c(cc2C=C1C1=CC=CNN=N1)=CC=C3C1=CC=CNN=N1. The minimum Gasteiger partial charge on any atom is -0.298 e. The highest BCUT2D eigenvalue weighted by atomic mass is 16.1. The van der Waals surface area contributed by atoms with Crippen LogP contribution in [0.2, 0.25) is 0 Å². The lowest BCUT2D eigenvalue weighted by molar-refractivity contribution is -0.103. The van der Waals surface area contributed by atoms with Crippen LogP contribution in [0, 0.1) is 0 Å². The zero-order chi connectivity index (χ0) is 18.9. The van der Waals surface area contributed by atoms with Crippen molar-refractivity contribution in [3.8, 4) is 0 Å². The van der Waals surface area contributed by atoms with Gasteiger partial charge in [0.2, 0.25) is 0 Å². The van der Waals surface area contributed by atoms with Gasteiger partial charge in [-0.25, -0.2) is 0 Å². The fourth-order valence-electron chi connectivity index (χ4n) is 3.51. The van der Waals surface area contributed by atoms with E-state index in [1.165, 1.54) is 0 Å². The molecule has 0 atom stereocenters.